The van der Waals surface area contributed by atoms with E-state index >= 15 is 0 Å². The number of carbonyl (C=O) groups is 1. The Balaban J connectivity index is 1.49. The molecule has 138 valence electrons. The lowest BCUT2D eigenvalue weighted by Gasteiger charge is -2.37. The summed E-state index contributed by atoms with van der Waals surface area (Å²) in [7, 11) is 0. The molecule has 0 spiro atoms. The van der Waals surface area contributed by atoms with E-state index in [1.54, 1.807) is 10.9 Å². The zero-order chi connectivity index (χ0) is 18.6. The number of rotatable bonds is 4. The van der Waals surface area contributed by atoms with Crippen LogP contribution in [0, 0.1) is 0 Å². The van der Waals surface area contributed by atoms with Gasteiger partial charge in [-0.3, -0.25) is 9.48 Å². The van der Waals surface area contributed by atoms with Gasteiger partial charge in [-0.2, -0.15) is 5.10 Å². The molecule has 0 aliphatic carbocycles. The van der Waals surface area contributed by atoms with Gasteiger partial charge in [-0.05, 0) is 35.9 Å². The molecule has 2 heterocycles. The van der Waals surface area contributed by atoms with Gasteiger partial charge in [0.2, 0.25) is 0 Å². The maximum Gasteiger partial charge on any atom is 0.252 e. The molecular weight excluding hydrogens is 360 g/mol. The number of nitrogens with zero attached hydrogens (tertiary/aromatic N) is 4. The summed E-state index contributed by atoms with van der Waals surface area (Å²) in [5.41, 5.74) is 2.09. The molecule has 0 bridgehead atoms. The average Bonchev–Trinajstić information content (AvgIpc) is 3.24. The zero-order valence-corrected chi connectivity index (χ0v) is 15.7. The molecule has 1 aromatic heterocycles. The van der Waals surface area contributed by atoms with Crippen molar-refractivity contribution in [2.75, 3.05) is 31.1 Å². The maximum absolute atomic E-state index is 13.3. The molecule has 5 nitrogen and oxygen atoms in total. The van der Waals surface area contributed by atoms with Gasteiger partial charge in [0.15, 0.2) is 6.04 Å². The highest BCUT2D eigenvalue weighted by atomic mass is 35.5. The predicted octanol–water partition coefficient (Wildman–Crippen LogP) is 3.47. The van der Waals surface area contributed by atoms with Crippen molar-refractivity contribution in [3.05, 3.63) is 83.6 Å². The molecule has 1 aliphatic heterocycles. The summed E-state index contributed by atoms with van der Waals surface area (Å²) in [6.07, 6.45) is 3.56. The van der Waals surface area contributed by atoms with Crippen molar-refractivity contribution >= 4 is 23.2 Å². The van der Waals surface area contributed by atoms with Crippen LogP contribution in [0.25, 0.3) is 0 Å². The Morgan fingerprint density at radius 2 is 1.63 bits per heavy atom. The molecule has 3 aromatic rings. The van der Waals surface area contributed by atoms with Crippen molar-refractivity contribution in [1.82, 2.24) is 14.7 Å². The van der Waals surface area contributed by atoms with Crippen molar-refractivity contribution in [2.45, 2.75) is 6.04 Å². The van der Waals surface area contributed by atoms with E-state index in [-0.39, 0.29) is 5.91 Å². The van der Waals surface area contributed by atoms with Crippen LogP contribution in [0.2, 0.25) is 5.02 Å². The summed E-state index contributed by atoms with van der Waals surface area (Å²) >= 11 is 5.98. The van der Waals surface area contributed by atoms with Gasteiger partial charge < -0.3 is 9.80 Å². The molecule has 27 heavy (non-hydrogen) atoms. The largest absolute Gasteiger partial charge is 0.368 e. The number of anilines is 1. The first-order chi connectivity index (χ1) is 13.2. The van der Waals surface area contributed by atoms with Crippen molar-refractivity contribution in [3.63, 3.8) is 0 Å². The number of halogens is 1. The van der Waals surface area contributed by atoms with Crippen LogP contribution in [0.5, 0.6) is 0 Å². The second-order valence-corrected chi connectivity index (χ2v) is 7.02. The first-order valence-electron chi connectivity index (χ1n) is 9.06. The monoisotopic (exact) mass is 380 g/mol. The van der Waals surface area contributed by atoms with Gasteiger partial charge >= 0.3 is 0 Å². The summed E-state index contributed by atoms with van der Waals surface area (Å²) in [6, 6.07) is 19.1. The van der Waals surface area contributed by atoms with Gasteiger partial charge in [-0.25, -0.2) is 0 Å². The maximum atomic E-state index is 13.3. The van der Waals surface area contributed by atoms with Gasteiger partial charge in [0.05, 0.1) is 0 Å². The SMILES string of the molecule is O=C(C(c1ccccc1)n1cccn1)N1CCN(c2ccc(Cl)cc2)CC1. The molecule has 0 saturated carbocycles. The van der Waals surface area contributed by atoms with Crippen LogP contribution in [0.15, 0.2) is 73.1 Å². The van der Waals surface area contributed by atoms with Crippen LogP contribution in [0.1, 0.15) is 11.6 Å². The van der Waals surface area contributed by atoms with Gasteiger partial charge in [0.25, 0.3) is 5.91 Å². The minimum atomic E-state index is -0.428. The molecule has 2 aromatic carbocycles. The van der Waals surface area contributed by atoms with E-state index in [0.29, 0.717) is 13.1 Å². The van der Waals surface area contributed by atoms with E-state index in [4.69, 9.17) is 11.6 Å². The highest BCUT2D eigenvalue weighted by Crippen LogP contribution is 2.23. The number of hydrogen-bond acceptors (Lipinski definition) is 3. The lowest BCUT2D eigenvalue weighted by atomic mass is 10.1. The highest BCUT2D eigenvalue weighted by molar-refractivity contribution is 6.30. The highest BCUT2D eigenvalue weighted by Gasteiger charge is 2.30. The minimum absolute atomic E-state index is 0.0839. The second-order valence-electron chi connectivity index (χ2n) is 6.59. The standard InChI is InChI=1S/C21H21ClN4O/c22-18-7-9-19(10-8-18)24-13-15-25(16-14-24)21(27)20(26-12-4-11-23-26)17-5-2-1-3-6-17/h1-12,20H,13-16H2. The summed E-state index contributed by atoms with van der Waals surface area (Å²) in [4.78, 5) is 17.5. The molecule has 1 atom stereocenters. The zero-order valence-electron chi connectivity index (χ0n) is 14.9. The summed E-state index contributed by atoms with van der Waals surface area (Å²) in [5, 5.41) is 5.06. The van der Waals surface area contributed by atoms with Crippen LogP contribution in [0.4, 0.5) is 5.69 Å². The van der Waals surface area contributed by atoms with Gasteiger partial charge in [0, 0.05) is 49.3 Å². The van der Waals surface area contributed by atoms with Crippen LogP contribution < -0.4 is 4.90 Å². The third-order valence-electron chi connectivity index (χ3n) is 4.92. The predicted molar refractivity (Wildman–Crippen MR) is 107 cm³/mol. The van der Waals surface area contributed by atoms with Crippen molar-refractivity contribution in [1.29, 1.82) is 0 Å². The molecular formula is C21H21ClN4O. The van der Waals surface area contributed by atoms with E-state index in [1.165, 1.54) is 0 Å². The number of carbonyl (C=O) groups excluding carboxylic acids is 1. The first-order valence-corrected chi connectivity index (χ1v) is 9.43. The molecule has 0 N–H and O–H groups in total. The lowest BCUT2D eigenvalue weighted by molar-refractivity contribution is -0.134. The first kappa shape index (κ1) is 17.6. The molecule has 1 unspecified atom stereocenters. The topological polar surface area (TPSA) is 41.4 Å². The quantitative estimate of drug-likeness (QED) is 0.696. The minimum Gasteiger partial charge on any atom is -0.368 e. The number of hydrogen-bond donors (Lipinski definition) is 0. The van der Waals surface area contributed by atoms with Gasteiger partial charge in [-0.1, -0.05) is 41.9 Å². The Bertz CT molecular complexity index is 872. The second kappa shape index (κ2) is 7.84. The molecule has 4 rings (SSSR count). The molecule has 0 radical (unpaired) electrons. The third-order valence-corrected chi connectivity index (χ3v) is 5.17. The average molecular weight is 381 g/mol. The number of piperazine rings is 1. The Labute approximate surface area is 163 Å². The molecule has 6 heteroatoms. The van der Waals surface area contributed by atoms with Crippen LogP contribution in [-0.4, -0.2) is 46.8 Å². The van der Waals surface area contributed by atoms with Crippen molar-refractivity contribution in [3.8, 4) is 0 Å². The normalized spacial score (nSPS) is 15.6. The van der Waals surface area contributed by atoms with Gasteiger partial charge in [-0.15, -0.1) is 0 Å². The third kappa shape index (κ3) is 3.83. The van der Waals surface area contributed by atoms with E-state index in [2.05, 4.69) is 10.00 Å². The van der Waals surface area contributed by atoms with Crippen LogP contribution in [0.3, 0.4) is 0 Å². The Hall–Kier alpha value is -2.79. The van der Waals surface area contributed by atoms with E-state index in [0.717, 1.165) is 29.4 Å². The Kier molecular flexibility index (Phi) is 5.12. The van der Waals surface area contributed by atoms with Crippen LogP contribution >= 0.6 is 11.6 Å². The fourth-order valence-corrected chi connectivity index (χ4v) is 3.61. The fourth-order valence-electron chi connectivity index (χ4n) is 3.49. The van der Waals surface area contributed by atoms with Crippen LogP contribution in [-0.2, 0) is 4.79 Å². The molecule has 1 amide bonds. The van der Waals surface area contributed by atoms with E-state index < -0.39 is 6.04 Å². The molecule has 1 fully saturated rings. The summed E-state index contributed by atoms with van der Waals surface area (Å²) in [5.74, 6) is 0.0839. The van der Waals surface area contributed by atoms with Gasteiger partial charge in [0.1, 0.15) is 0 Å². The number of benzene rings is 2. The van der Waals surface area contributed by atoms with E-state index in [1.807, 2.05) is 71.8 Å². The lowest BCUT2D eigenvalue weighted by Crippen LogP contribution is -2.50. The fraction of sp³-hybridized carbons (Fsp3) is 0.238. The van der Waals surface area contributed by atoms with E-state index in [9.17, 15) is 4.79 Å². The number of amides is 1. The van der Waals surface area contributed by atoms with Crippen molar-refractivity contribution in [2.24, 2.45) is 0 Å². The molecule has 1 saturated heterocycles. The Morgan fingerprint density at radius 1 is 0.926 bits per heavy atom. The van der Waals surface area contributed by atoms with Crippen molar-refractivity contribution < 1.29 is 4.79 Å². The summed E-state index contributed by atoms with van der Waals surface area (Å²) in [6.45, 7) is 2.97. The summed E-state index contributed by atoms with van der Waals surface area (Å²) < 4.78 is 1.74. The number of aromatic nitrogens is 2. The Morgan fingerprint density at radius 3 is 2.26 bits per heavy atom. The smallest absolute Gasteiger partial charge is 0.252 e. The molecule has 1 aliphatic rings.